The molecule has 2 aromatic rings. The highest BCUT2D eigenvalue weighted by molar-refractivity contribution is 5.56. The Labute approximate surface area is 112 Å². The SMILES string of the molecule is Cc1cc(F)cc(-c2nccc(CNC(C)C)n2)c1. The number of aromatic nitrogens is 2. The predicted molar refractivity (Wildman–Crippen MR) is 74.1 cm³/mol. The number of halogens is 1. The number of hydrogen-bond acceptors (Lipinski definition) is 3. The van der Waals surface area contributed by atoms with Gasteiger partial charge in [-0.1, -0.05) is 13.8 Å². The molecule has 1 N–H and O–H groups in total. The van der Waals surface area contributed by atoms with Gasteiger partial charge in [-0.3, -0.25) is 0 Å². The first-order chi connectivity index (χ1) is 9.04. The van der Waals surface area contributed by atoms with Crippen molar-refractivity contribution in [2.45, 2.75) is 33.4 Å². The lowest BCUT2D eigenvalue weighted by Crippen LogP contribution is -2.22. The molecule has 2 rings (SSSR count). The van der Waals surface area contributed by atoms with Crippen molar-refractivity contribution in [3.8, 4) is 11.4 Å². The zero-order valence-corrected chi connectivity index (χ0v) is 11.4. The van der Waals surface area contributed by atoms with E-state index in [1.54, 1.807) is 6.20 Å². The second kappa shape index (κ2) is 5.89. The fourth-order valence-corrected chi connectivity index (χ4v) is 1.81. The number of hydrogen-bond donors (Lipinski definition) is 1. The van der Waals surface area contributed by atoms with Gasteiger partial charge in [0.25, 0.3) is 0 Å². The van der Waals surface area contributed by atoms with Crippen molar-refractivity contribution in [1.82, 2.24) is 15.3 Å². The van der Waals surface area contributed by atoms with Crippen LogP contribution in [0, 0.1) is 12.7 Å². The van der Waals surface area contributed by atoms with Crippen molar-refractivity contribution in [2.75, 3.05) is 0 Å². The van der Waals surface area contributed by atoms with Gasteiger partial charge in [-0.15, -0.1) is 0 Å². The summed E-state index contributed by atoms with van der Waals surface area (Å²) < 4.78 is 13.4. The summed E-state index contributed by atoms with van der Waals surface area (Å²) >= 11 is 0. The Bertz CT molecular complexity index is 547. The highest BCUT2D eigenvalue weighted by atomic mass is 19.1. The molecule has 19 heavy (non-hydrogen) atoms. The van der Waals surface area contributed by atoms with E-state index in [0.29, 0.717) is 24.0 Å². The van der Waals surface area contributed by atoms with E-state index < -0.39 is 0 Å². The zero-order chi connectivity index (χ0) is 13.8. The van der Waals surface area contributed by atoms with Crippen molar-refractivity contribution in [3.05, 3.63) is 47.5 Å². The number of nitrogens with zero attached hydrogens (tertiary/aromatic N) is 2. The Kier molecular flexibility index (Phi) is 4.22. The molecule has 0 saturated carbocycles. The summed E-state index contributed by atoms with van der Waals surface area (Å²) in [5, 5.41) is 3.30. The summed E-state index contributed by atoms with van der Waals surface area (Å²) in [5.74, 6) is 0.301. The molecule has 0 amide bonds. The first-order valence-corrected chi connectivity index (χ1v) is 6.37. The lowest BCUT2D eigenvalue weighted by Gasteiger charge is -2.08. The van der Waals surface area contributed by atoms with Gasteiger partial charge in [0.2, 0.25) is 0 Å². The normalized spacial score (nSPS) is 11.0. The third-order valence-corrected chi connectivity index (χ3v) is 2.71. The van der Waals surface area contributed by atoms with Gasteiger partial charge in [-0.2, -0.15) is 0 Å². The van der Waals surface area contributed by atoms with E-state index in [1.807, 2.05) is 19.1 Å². The molecule has 100 valence electrons. The minimum atomic E-state index is -0.260. The number of benzene rings is 1. The quantitative estimate of drug-likeness (QED) is 0.917. The largest absolute Gasteiger partial charge is 0.309 e. The highest BCUT2D eigenvalue weighted by Crippen LogP contribution is 2.18. The Morgan fingerprint density at radius 3 is 2.74 bits per heavy atom. The summed E-state index contributed by atoms with van der Waals surface area (Å²) in [5.41, 5.74) is 2.48. The minimum Gasteiger partial charge on any atom is -0.309 e. The molecule has 1 aromatic carbocycles. The fourth-order valence-electron chi connectivity index (χ4n) is 1.81. The molecule has 4 heteroatoms. The lowest BCUT2D eigenvalue weighted by molar-refractivity contribution is 0.581. The van der Waals surface area contributed by atoms with Crippen molar-refractivity contribution < 1.29 is 4.39 Å². The zero-order valence-electron chi connectivity index (χ0n) is 11.4. The summed E-state index contributed by atoms with van der Waals surface area (Å²) in [6, 6.07) is 7.11. The van der Waals surface area contributed by atoms with Crippen LogP contribution in [0.3, 0.4) is 0 Å². The van der Waals surface area contributed by atoms with Crippen LogP contribution in [-0.2, 0) is 6.54 Å². The maximum Gasteiger partial charge on any atom is 0.159 e. The van der Waals surface area contributed by atoms with E-state index in [4.69, 9.17) is 0 Å². The molecule has 3 nitrogen and oxygen atoms in total. The summed E-state index contributed by atoms with van der Waals surface area (Å²) in [6.07, 6.45) is 1.71. The van der Waals surface area contributed by atoms with Crippen molar-refractivity contribution in [1.29, 1.82) is 0 Å². The molecule has 1 aromatic heterocycles. The van der Waals surface area contributed by atoms with Gasteiger partial charge in [0, 0.05) is 24.3 Å². The van der Waals surface area contributed by atoms with Crippen LogP contribution in [0.15, 0.2) is 30.5 Å². The maximum atomic E-state index is 13.4. The molecule has 0 atom stereocenters. The average Bonchev–Trinajstić information content (AvgIpc) is 2.35. The van der Waals surface area contributed by atoms with E-state index in [2.05, 4.69) is 29.1 Å². The van der Waals surface area contributed by atoms with Crippen molar-refractivity contribution in [3.63, 3.8) is 0 Å². The molecular formula is C15H18FN3. The van der Waals surface area contributed by atoms with Crippen LogP contribution in [0.5, 0.6) is 0 Å². The van der Waals surface area contributed by atoms with E-state index >= 15 is 0 Å². The molecule has 0 aliphatic rings. The Morgan fingerprint density at radius 2 is 2.05 bits per heavy atom. The van der Waals surface area contributed by atoms with E-state index in [1.165, 1.54) is 12.1 Å². The van der Waals surface area contributed by atoms with E-state index in [0.717, 1.165) is 11.3 Å². The molecule has 1 heterocycles. The van der Waals surface area contributed by atoms with Gasteiger partial charge in [0.05, 0.1) is 5.69 Å². The van der Waals surface area contributed by atoms with Crippen LogP contribution in [0.2, 0.25) is 0 Å². The summed E-state index contributed by atoms with van der Waals surface area (Å²) in [4.78, 5) is 8.67. The first kappa shape index (κ1) is 13.6. The smallest absolute Gasteiger partial charge is 0.159 e. The van der Waals surface area contributed by atoms with Crippen molar-refractivity contribution >= 4 is 0 Å². The second-order valence-electron chi connectivity index (χ2n) is 4.92. The molecule has 0 aliphatic carbocycles. The predicted octanol–water partition coefficient (Wildman–Crippen LogP) is 3.09. The molecule has 0 radical (unpaired) electrons. The molecule has 0 spiro atoms. The van der Waals surface area contributed by atoms with Gasteiger partial charge in [0.15, 0.2) is 5.82 Å². The topological polar surface area (TPSA) is 37.8 Å². The second-order valence-corrected chi connectivity index (χ2v) is 4.92. The summed E-state index contributed by atoms with van der Waals surface area (Å²) in [7, 11) is 0. The monoisotopic (exact) mass is 259 g/mol. The maximum absolute atomic E-state index is 13.4. The summed E-state index contributed by atoms with van der Waals surface area (Å²) in [6.45, 7) is 6.70. The molecule has 0 bridgehead atoms. The standard InChI is InChI=1S/C15H18FN3/c1-10(2)18-9-14-4-5-17-15(19-14)12-6-11(3)7-13(16)8-12/h4-8,10,18H,9H2,1-3H3. The van der Waals surface area contributed by atoms with E-state index in [9.17, 15) is 4.39 Å². The van der Waals surface area contributed by atoms with Gasteiger partial charge >= 0.3 is 0 Å². The average molecular weight is 259 g/mol. The Hall–Kier alpha value is -1.81. The lowest BCUT2D eigenvalue weighted by atomic mass is 10.1. The van der Waals surface area contributed by atoms with Gasteiger partial charge in [0.1, 0.15) is 5.82 Å². The molecule has 0 aliphatic heterocycles. The van der Waals surface area contributed by atoms with E-state index in [-0.39, 0.29) is 5.82 Å². The van der Waals surface area contributed by atoms with Crippen LogP contribution in [0.1, 0.15) is 25.1 Å². The number of rotatable bonds is 4. The van der Waals surface area contributed by atoms with Gasteiger partial charge in [-0.05, 0) is 36.8 Å². The highest BCUT2D eigenvalue weighted by Gasteiger charge is 2.05. The third-order valence-electron chi connectivity index (χ3n) is 2.71. The first-order valence-electron chi connectivity index (χ1n) is 6.37. The number of nitrogens with one attached hydrogen (secondary N) is 1. The van der Waals surface area contributed by atoms with Crippen LogP contribution in [0.25, 0.3) is 11.4 Å². The minimum absolute atomic E-state index is 0.260. The molecule has 0 saturated heterocycles. The number of aryl methyl sites for hydroxylation is 1. The van der Waals surface area contributed by atoms with Crippen LogP contribution >= 0.6 is 0 Å². The fraction of sp³-hybridized carbons (Fsp3) is 0.333. The van der Waals surface area contributed by atoms with Crippen LogP contribution < -0.4 is 5.32 Å². The van der Waals surface area contributed by atoms with Gasteiger partial charge in [-0.25, -0.2) is 14.4 Å². The molecular weight excluding hydrogens is 241 g/mol. The Morgan fingerprint density at radius 1 is 1.26 bits per heavy atom. The third kappa shape index (κ3) is 3.83. The molecule has 0 fully saturated rings. The van der Waals surface area contributed by atoms with Crippen LogP contribution in [-0.4, -0.2) is 16.0 Å². The Balaban J connectivity index is 2.27. The molecule has 0 unspecified atom stereocenters. The van der Waals surface area contributed by atoms with Gasteiger partial charge < -0.3 is 5.32 Å². The van der Waals surface area contributed by atoms with Crippen LogP contribution in [0.4, 0.5) is 4.39 Å². The van der Waals surface area contributed by atoms with Crippen molar-refractivity contribution in [2.24, 2.45) is 0 Å².